The first-order chi connectivity index (χ1) is 12.2. The number of anilines is 1. The molecule has 0 N–H and O–H groups in total. The highest BCUT2D eigenvalue weighted by atomic mass is 32.1. The maximum absolute atomic E-state index is 4.82. The number of hydrogen-bond donors (Lipinski definition) is 0. The van der Waals surface area contributed by atoms with E-state index in [1.165, 1.54) is 34.8 Å². The molecular formula is C17H21N7S. The van der Waals surface area contributed by atoms with Crippen molar-refractivity contribution in [1.29, 1.82) is 0 Å². The van der Waals surface area contributed by atoms with Crippen LogP contribution in [0.3, 0.4) is 0 Å². The van der Waals surface area contributed by atoms with Crippen LogP contribution in [0.15, 0.2) is 12.1 Å². The molecule has 3 aromatic heterocycles. The van der Waals surface area contributed by atoms with E-state index in [-0.39, 0.29) is 0 Å². The van der Waals surface area contributed by atoms with Crippen molar-refractivity contribution in [2.45, 2.75) is 38.8 Å². The standard InChI is InChI=1S/C17H21N7S/c1-11-19-20-15-6-7-16(21-24(11)15)23-8-12(9-23)22(2)10-17-18-13-4-3-5-14(13)25-17/h6-7,12H,3-5,8-10H2,1-2H3. The zero-order valence-corrected chi connectivity index (χ0v) is 15.3. The molecule has 1 aliphatic carbocycles. The Kier molecular flexibility index (Phi) is 3.49. The Balaban J connectivity index is 1.23. The van der Waals surface area contributed by atoms with Crippen molar-refractivity contribution in [3.05, 3.63) is 33.5 Å². The average molecular weight is 355 g/mol. The van der Waals surface area contributed by atoms with Gasteiger partial charge in [-0.1, -0.05) is 0 Å². The summed E-state index contributed by atoms with van der Waals surface area (Å²) in [5.41, 5.74) is 2.15. The van der Waals surface area contributed by atoms with Gasteiger partial charge in [0.25, 0.3) is 0 Å². The number of aryl methyl sites for hydroxylation is 3. The van der Waals surface area contributed by atoms with Crippen molar-refractivity contribution < 1.29 is 0 Å². The summed E-state index contributed by atoms with van der Waals surface area (Å²) in [4.78, 5) is 11.1. The van der Waals surface area contributed by atoms with Crippen molar-refractivity contribution in [2.75, 3.05) is 25.0 Å². The fourth-order valence-corrected chi connectivity index (χ4v) is 4.85. The topological polar surface area (TPSA) is 62.5 Å². The van der Waals surface area contributed by atoms with Gasteiger partial charge in [0.05, 0.1) is 12.2 Å². The van der Waals surface area contributed by atoms with Gasteiger partial charge in [-0.15, -0.1) is 26.6 Å². The highest BCUT2D eigenvalue weighted by molar-refractivity contribution is 7.11. The summed E-state index contributed by atoms with van der Waals surface area (Å²) in [7, 11) is 2.20. The van der Waals surface area contributed by atoms with E-state index in [0.717, 1.165) is 36.9 Å². The summed E-state index contributed by atoms with van der Waals surface area (Å²) in [5, 5.41) is 14.1. The van der Waals surface area contributed by atoms with Gasteiger partial charge < -0.3 is 4.90 Å². The first kappa shape index (κ1) is 15.2. The van der Waals surface area contributed by atoms with E-state index in [2.05, 4.69) is 32.1 Å². The van der Waals surface area contributed by atoms with Crippen molar-refractivity contribution in [3.63, 3.8) is 0 Å². The molecule has 0 radical (unpaired) electrons. The van der Waals surface area contributed by atoms with Crippen LogP contribution < -0.4 is 4.90 Å². The summed E-state index contributed by atoms with van der Waals surface area (Å²) >= 11 is 1.91. The quantitative estimate of drug-likeness (QED) is 0.710. The molecule has 1 fully saturated rings. The average Bonchev–Trinajstić information content (AvgIpc) is 3.21. The van der Waals surface area contributed by atoms with E-state index in [1.54, 1.807) is 0 Å². The molecule has 4 heterocycles. The zero-order chi connectivity index (χ0) is 17.0. The Morgan fingerprint density at radius 2 is 2.12 bits per heavy atom. The molecule has 0 aromatic carbocycles. The maximum Gasteiger partial charge on any atom is 0.178 e. The van der Waals surface area contributed by atoms with Crippen LogP contribution in [0, 0.1) is 6.92 Å². The van der Waals surface area contributed by atoms with E-state index in [1.807, 2.05) is 34.9 Å². The molecule has 0 atom stereocenters. The molecule has 5 rings (SSSR count). The monoisotopic (exact) mass is 355 g/mol. The highest BCUT2D eigenvalue weighted by Crippen LogP contribution is 2.29. The first-order valence-corrected chi connectivity index (χ1v) is 9.61. The Bertz CT molecular complexity index is 903. The summed E-state index contributed by atoms with van der Waals surface area (Å²) < 4.78 is 1.81. The van der Waals surface area contributed by atoms with Crippen LogP contribution >= 0.6 is 11.3 Å². The van der Waals surface area contributed by atoms with Gasteiger partial charge in [-0.3, -0.25) is 4.90 Å². The van der Waals surface area contributed by atoms with Gasteiger partial charge in [0.15, 0.2) is 11.5 Å². The van der Waals surface area contributed by atoms with Gasteiger partial charge in [-0.25, -0.2) is 4.98 Å². The summed E-state index contributed by atoms with van der Waals surface area (Å²) in [5.74, 6) is 1.82. The minimum Gasteiger partial charge on any atom is -0.352 e. The molecule has 0 bridgehead atoms. The van der Waals surface area contributed by atoms with E-state index in [0.29, 0.717) is 6.04 Å². The molecule has 2 aliphatic rings. The second kappa shape index (κ2) is 5.74. The Hall–Kier alpha value is -2.06. The lowest BCUT2D eigenvalue weighted by molar-refractivity contribution is 0.196. The molecule has 1 aliphatic heterocycles. The third-order valence-electron chi connectivity index (χ3n) is 5.24. The lowest BCUT2D eigenvalue weighted by atomic mass is 10.1. The summed E-state index contributed by atoms with van der Waals surface area (Å²) in [6.07, 6.45) is 3.68. The Morgan fingerprint density at radius 1 is 1.24 bits per heavy atom. The van der Waals surface area contributed by atoms with Crippen LogP contribution in [0.1, 0.15) is 27.8 Å². The second-order valence-corrected chi connectivity index (χ2v) is 8.18. The van der Waals surface area contributed by atoms with Gasteiger partial charge in [-0.05, 0) is 45.4 Å². The molecule has 0 amide bonds. The molecule has 130 valence electrons. The summed E-state index contributed by atoms with van der Waals surface area (Å²) in [6.45, 7) is 4.88. The molecule has 25 heavy (non-hydrogen) atoms. The molecule has 7 nitrogen and oxygen atoms in total. The van der Waals surface area contributed by atoms with E-state index < -0.39 is 0 Å². The van der Waals surface area contributed by atoms with Crippen LogP contribution in [-0.4, -0.2) is 55.9 Å². The van der Waals surface area contributed by atoms with Crippen molar-refractivity contribution >= 4 is 22.8 Å². The largest absolute Gasteiger partial charge is 0.352 e. The van der Waals surface area contributed by atoms with Gasteiger partial charge in [-0.2, -0.15) is 4.52 Å². The third kappa shape index (κ3) is 2.60. The number of rotatable bonds is 4. The van der Waals surface area contributed by atoms with Crippen molar-refractivity contribution in [2.24, 2.45) is 0 Å². The highest BCUT2D eigenvalue weighted by Gasteiger charge is 2.32. The minimum atomic E-state index is 0.554. The molecule has 1 saturated heterocycles. The van der Waals surface area contributed by atoms with Crippen molar-refractivity contribution in [3.8, 4) is 0 Å². The molecule has 0 unspecified atom stereocenters. The lowest BCUT2D eigenvalue weighted by Crippen LogP contribution is -2.58. The summed E-state index contributed by atoms with van der Waals surface area (Å²) in [6, 6.07) is 4.57. The normalized spacial score (nSPS) is 17.5. The van der Waals surface area contributed by atoms with Crippen LogP contribution in [0.5, 0.6) is 0 Å². The molecule has 0 saturated carbocycles. The number of thiazole rings is 1. The predicted octanol–water partition coefficient (Wildman–Crippen LogP) is 1.70. The predicted molar refractivity (Wildman–Crippen MR) is 97.1 cm³/mol. The molecular weight excluding hydrogens is 334 g/mol. The number of fused-ring (bicyclic) bond motifs is 2. The van der Waals surface area contributed by atoms with Gasteiger partial charge in [0.2, 0.25) is 0 Å². The van der Waals surface area contributed by atoms with Crippen molar-refractivity contribution in [1.82, 2.24) is 29.7 Å². The van der Waals surface area contributed by atoms with Crippen LogP contribution in [0.25, 0.3) is 5.65 Å². The van der Waals surface area contributed by atoms with E-state index in [4.69, 9.17) is 4.98 Å². The van der Waals surface area contributed by atoms with Crippen LogP contribution in [-0.2, 0) is 19.4 Å². The van der Waals surface area contributed by atoms with Gasteiger partial charge in [0, 0.05) is 24.0 Å². The first-order valence-electron chi connectivity index (χ1n) is 8.79. The molecule has 0 spiro atoms. The Labute approximate surface area is 150 Å². The SMILES string of the molecule is Cc1nnc2ccc(N3CC(N(C)Cc4nc5c(s4)CCC5)C3)nn12. The maximum atomic E-state index is 4.82. The fourth-order valence-electron chi connectivity index (χ4n) is 3.63. The molecule has 8 heteroatoms. The van der Waals surface area contributed by atoms with Crippen LogP contribution in [0.4, 0.5) is 5.82 Å². The van der Waals surface area contributed by atoms with E-state index in [9.17, 15) is 0 Å². The lowest BCUT2D eigenvalue weighted by Gasteiger charge is -2.44. The minimum absolute atomic E-state index is 0.554. The number of nitrogens with zero attached hydrogens (tertiary/aromatic N) is 7. The van der Waals surface area contributed by atoms with Gasteiger partial charge >= 0.3 is 0 Å². The fraction of sp³-hybridized carbons (Fsp3) is 0.529. The smallest absolute Gasteiger partial charge is 0.178 e. The number of likely N-dealkylation sites (N-methyl/N-ethyl adjacent to an activating group) is 1. The Morgan fingerprint density at radius 3 is 2.96 bits per heavy atom. The molecule has 3 aromatic rings. The third-order valence-corrected chi connectivity index (χ3v) is 6.38. The van der Waals surface area contributed by atoms with Crippen LogP contribution in [0.2, 0.25) is 0 Å². The number of hydrogen-bond acceptors (Lipinski definition) is 7. The zero-order valence-electron chi connectivity index (χ0n) is 14.5. The van der Waals surface area contributed by atoms with E-state index >= 15 is 0 Å². The van der Waals surface area contributed by atoms with Gasteiger partial charge in [0.1, 0.15) is 10.8 Å². The second-order valence-electron chi connectivity index (χ2n) is 7.01. The number of aromatic nitrogens is 5.